The van der Waals surface area contributed by atoms with Crippen LogP contribution < -0.4 is 0 Å². The molecular formula is C19H22N4O. The highest BCUT2D eigenvalue weighted by Gasteiger charge is 2.29. The third-order valence-corrected chi connectivity index (χ3v) is 5.12. The second kappa shape index (κ2) is 5.51. The van der Waals surface area contributed by atoms with Crippen LogP contribution in [0.3, 0.4) is 0 Å². The third-order valence-electron chi connectivity index (χ3n) is 5.12. The van der Waals surface area contributed by atoms with Crippen LogP contribution in [0.5, 0.6) is 0 Å². The molecule has 1 fully saturated rings. The maximum absolute atomic E-state index is 13.0. The summed E-state index contributed by atoms with van der Waals surface area (Å²) in [6.07, 6.45) is 6.56. The normalized spacial score (nSPS) is 17.8. The Morgan fingerprint density at radius 1 is 1.29 bits per heavy atom. The lowest BCUT2D eigenvalue weighted by Gasteiger charge is -2.16. The van der Waals surface area contributed by atoms with Crippen molar-refractivity contribution >= 4 is 16.8 Å². The fraction of sp³-hybridized carbons (Fsp3) is 0.368. The van der Waals surface area contributed by atoms with Crippen LogP contribution in [0.4, 0.5) is 0 Å². The zero-order valence-corrected chi connectivity index (χ0v) is 14.3. The van der Waals surface area contributed by atoms with Crippen molar-refractivity contribution in [2.75, 3.05) is 13.1 Å². The zero-order chi connectivity index (χ0) is 16.8. The molecular weight excluding hydrogens is 300 g/mol. The lowest BCUT2D eigenvalue weighted by Crippen LogP contribution is -2.29. The number of fused-ring (bicyclic) bond motifs is 1. The Hall–Kier alpha value is -2.56. The number of aromatic nitrogens is 3. The van der Waals surface area contributed by atoms with Gasteiger partial charge in [-0.3, -0.25) is 4.79 Å². The topological polar surface area (TPSA) is 53.9 Å². The average molecular weight is 322 g/mol. The summed E-state index contributed by atoms with van der Waals surface area (Å²) in [5, 5.41) is 1.15. The highest BCUT2D eigenvalue weighted by atomic mass is 16.2. The van der Waals surface area contributed by atoms with Crippen LogP contribution in [0.1, 0.15) is 39.6 Å². The molecule has 0 bridgehead atoms. The van der Waals surface area contributed by atoms with Gasteiger partial charge < -0.3 is 14.5 Å². The monoisotopic (exact) mass is 322 g/mol. The largest absolute Gasteiger partial charge is 0.350 e. The number of benzene rings is 1. The minimum absolute atomic E-state index is 0.100. The molecule has 1 aliphatic rings. The van der Waals surface area contributed by atoms with Crippen LogP contribution in [0.25, 0.3) is 10.9 Å². The maximum Gasteiger partial charge on any atom is 0.270 e. The van der Waals surface area contributed by atoms with Gasteiger partial charge in [0.25, 0.3) is 5.91 Å². The number of hydrogen-bond acceptors (Lipinski definition) is 2. The number of nitrogens with zero attached hydrogens (tertiary/aromatic N) is 3. The Kier molecular flexibility index (Phi) is 3.44. The molecule has 124 valence electrons. The average Bonchev–Trinajstić information content (AvgIpc) is 3.26. The molecule has 1 saturated heterocycles. The van der Waals surface area contributed by atoms with E-state index in [4.69, 9.17) is 0 Å². The second-order valence-corrected chi connectivity index (χ2v) is 6.83. The lowest BCUT2D eigenvalue weighted by atomic mass is 10.1. The molecule has 0 unspecified atom stereocenters. The Morgan fingerprint density at radius 2 is 2.12 bits per heavy atom. The molecule has 1 aromatic carbocycles. The predicted molar refractivity (Wildman–Crippen MR) is 94.3 cm³/mol. The first kappa shape index (κ1) is 15.0. The van der Waals surface area contributed by atoms with Crippen molar-refractivity contribution in [1.82, 2.24) is 19.4 Å². The number of hydrogen-bond donors (Lipinski definition) is 1. The first-order valence-electron chi connectivity index (χ1n) is 8.41. The first-order valence-corrected chi connectivity index (χ1v) is 8.41. The molecule has 0 spiro atoms. The molecule has 0 radical (unpaired) electrons. The van der Waals surface area contributed by atoms with Crippen molar-refractivity contribution in [3.05, 3.63) is 53.2 Å². The first-order chi connectivity index (χ1) is 11.5. The Bertz CT molecular complexity index is 907. The lowest BCUT2D eigenvalue weighted by molar-refractivity contribution is 0.0782. The van der Waals surface area contributed by atoms with Crippen LogP contribution in [0.15, 0.2) is 30.9 Å². The smallest absolute Gasteiger partial charge is 0.270 e. The fourth-order valence-corrected chi connectivity index (χ4v) is 3.81. The van der Waals surface area contributed by atoms with E-state index < -0.39 is 0 Å². The van der Waals surface area contributed by atoms with Gasteiger partial charge in [-0.15, -0.1) is 0 Å². The number of aryl methyl sites for hydroxylation is 3. The molecule has 0 saturated carbocycles. The highest BCUT2D eigenvalue weighted by molar-refractivity contribution is 6.01. The number of amides is 1. The van der Waals surface area contributed by atoms with Crippen LogP contribution in [0, 0.1) is 20.8 Å². The number of imidazole rings is 1. The third kappa shape index (κ3) is 2.31. The van der Waals surface area contributed by atoms with Gasteiger partial charge in [-0.1, -0.05) is 11.6 Å². The summed E-state index contributed by atoms with van der Waals surface area (Å²) in [5.41, 5.74) is 5.26. The van der Waals surface area contributed by atoms with Gasteiger partial charge in [0, 0.05) is 36.4 Å². The van der Waals surface area contributed by atoms with E-state index in [1.165, 1.54) is 11.1 Å². The predicted octanol–water partition coefficient (Wildman–Crippen LogP) is 3.38. The summed E-state index contributed by atoms with van der Waals surface area (Å²) < 4.78 is 2.10. The van der Waals surface area contributed by atoms with Gasteiger partial charge >= 0.3 is 0 Å². The van der Waals surface area contributed by atoms with Crippen LogP contribution in [-0.4, -0.2) is 38.4 Å². The molecule has 1 aliphatic heterocycles. The Labute approximate surface area is 141 Å². The molecule has 24 heavy (non-hydrogen) atoms. The summed E-state index contributed by atoms with van der Waals surface area (Å²) in [5.74, 6) is 0.100. The van der Waals surface area contributed by atoms with Gasteiger partial charge in [0.15, 0.2) is 0 Å². The molecule has 3 aromatic rings. The molecule has 0 aliphatic carbocycles. The highest BCUT2D eigenvalue weighted by Crippen LogP contribution is 2.29. The molecule has 5 nitrogen and oxygen atoms in total. The van der Waals surface area contributed by atoms with Gasteiger partial charge in [0.1, 0.15) is 5.69 Å². The van der Waals surface area contributed by atoms with E-state index in [0.29, 0.717) is 6.04 Å². The van der Waals surface area contributed by atoms with Crippen molar-refractivity contribution < 1.29 is 4.79 Å². The van der Waals surface area contributed by atoms with Gasteiger partial charge in [0.05, 0.1) is 12.4 Å². The van der Waals surface area contributed by atoms with Gasteiger partial charge in [-0.05, 0) is 44.4 Å². The summed E-state index contributed by atoms with van der Waals surface area (Å²) in [4.78, 5) is 22.5. The van der Waals surface area contributed by atoms with Gasteiger partial charge in [-0.25, -0.2) is 4.98 Å². The van der Waals surface area contributed by atoms with Crippen LogP contribution >= 0.6 is 0 Å². The molecule has 2 aromatic heterocycles. The summed E-state index contributed by atoms with van der Waals surface area (Å²) >= 11 is 0. The molecule has 3 heterocycles. The van der Waals surface area contributed by atoms with Crippen molar-refractivity contribution in [2.45, 2.75) is 33.2 Å². The van der Waals surface area contributed by atoms with E-state index >= 15 is 0 Å². The summed E-state index contributed by atoms with van der Waals surface area (Å²) in [6, 6.07) is 4.63. The molecule has 5 heteroatoms. The quantitative estimate of drug-likeness (QED) is 0.786. The van der Waals surface area contributed by atoms with E-state index in [9.17, 15) is 4.79 Å². The van der Waals surface area contributed by atoms with Gasteiger partial charge in [-0.2, -0.15) is 0 Å². The second-order valence-electron chi connectivity index (χ2n) is 6.83. The van der Waals surface area contributed by atoms with E-state index in [-0.39, 0.29) is 5.91 Å². The van der Waals surface area contributed by atoms with Crippen LogP contribution in [0.2, 0.25) is 0 Å². The standard InChI is InChI=1S/C19H22N4O/c1-12-8-13(2)17-16(9-12)14(3)18(21-17)19(24)22-6-4-15(10-22)23-7-5-20-11-23/h5,7-9,11,15,21H,4,6,10H2,1-3H3/t15-/m1/s1. The molecule has 1 amide bonds. The fourth-order valence-electron chi connectivity index (χ4n) is 3.81. The van der Waals surface area contributed by atoms with E-state index in [1.807, 2.05) is 24.3 Å². The summed E-state index contributed by atoms with van der Waals surface area (Å²) in [7, 11) is 0. The van der Waals surface area contributed by atoms with Gasteiger partial charge in [0.2, 0.25) is 0 Å². The number of rotatable bonds is 2. The number of H-pyrrole nitrogens is 1. The minimum atomic E-state index is 0.100. The van der Waals surface area contributed by atoms with E-state index in [2.05, 4.69) is 40.5 Å². The molecule has 1 N–H and O–H groups in total. The summed E-state index contributed by atoms with van der Waals surface area (Å²) in [6.45, 7) is 7.74. The maximum atomic E-state index is 13.0. The number of carbonyl (C=O) groups is 1. The number of carbonyl (C=O) groups excluding carboxylic acids is 1. The molecule has 4 rings (SSSR count). The molecule has 1 atom stereocenters. The van der Waals surface area contributed by atoms with E-state index in [1.54, 1.807) is 6.20 Å². The number of aromatic amines is 1. The Morgan fingerprint density at radius 3 is 2.88 bits per heavy atom. The zero-order valence-electron chi connectivity index (χ0n) is 14.3. The van der Waals surface area contributed by atoms with E-state index in [0.717, 1.165) is 41.7 Å². The van der Waals surface area contributed by atoms with Crippen molar-refractivity contribution in [2.24, 2.45) is 0 Å². The van der Waals surface area contributed by atoms with Crippen molar-refractivity contribution in [3.63, 3.8) is 0 Å². The number of likely N-dealkylation sites (tertiary alicyclic amines) is 1. The number of nitrogens with one attached hydrogen (secondary N) is 1. The minimum Gasteiger partial charge on any atom is -0.350 e. The Balaban J connectivity index is 1.64. The SMILES string of the molecule is Cc1cc(C)c2[nH]c(C(=O)N3CC[C@@H](n4ccnc4)C3)c(C)c2c1. The van der Waals surface area contributed by atoms with Crippen molar-refractivity contribution in [1.29, 1.82) is 0 Å². The van der Waals surface area contributed by atoms with Crippen LogP contribution in [-0.2, 0) is 0 Å². The van der Waals surface area contributed by atoms with Crippen molar-refractivity contribution in [3.8, 4) is 0 Å².